The number of halogens is 3. The van der Waals surface area contributed by atoms with Crippen molar-refractivity contribution < 1.29 is 17.9 Å². The van der Waals surface area contributed by atoms with E-state index in [0.717, 1.165) is 37.7 Å². The summed E-state index contributed by atoms with van der Waals surface area (Å²) in [6, 6.07) is 11.7. The van der Waals surface area contributed by atoms with Crippen molar-refractivity contribution in [2.75, 3.05) is 13.3 Å². The number of allylic oxidation sites excluding steroid dienone is 1. The zero-order valence-corrected chi connectivity index (χ0v) is 17.0. The molecule has 156 valence electrons. The van der Waals surface area contributed by atoms with Gasteiger partial charge in [0.1, 0.15) is 0 Å². The van der Waals surface area contributed by atoms with Crippen LogP contribution in [0.5, 0.6) is 5.75 Å². The molecule has 1 aliphatic carbocycles. The van der Waals surface area contributed by atoms with Gasteiger partial charge in [-0.2, -0.15) is 4.39 Å². The van der Waals surface area contributed by atoms with E-state index in [1.165, 1.54) is 5.56 Å². The average Bonchev–Trinajstić information content (AvgIpc) is 2.75. The van der Waals surface area contributed by atoms with Gasteiger partial charge in [0.25, 0.3) is 0 Å². The topological polar surface area (TPSA) is 9.23 Å². The molecule has 1 aliphatic rings. The summed E-state index contributed by atoms with van der Waals surface area (Å²) < 4.78 is 46.0. The molecule has 1 saturated carbocycles. The lowest BCUT2D eigenvalue weighted by Gasteiger charge is -2.29. The van der Waals surface area contributed by atoms with Crippen molar-refractivity contribution >= 4 is 6.08 Å². The van der Waals surface area contributed by atoms with Crippen molar-refractivity contribution in [1.29, 1.82) is 0 Å². The van der Waals surface area contributed by atoms with Gasteiger partial charge >= 0.3 is 0 Å². The molecule has 0 bridgehead atoms. The van der Waals surface area contributed by atoms with Crippen LogP contribution in [0.15, 0.2) is 42.5 Å². The van der Waals surface area contributed by atoms with E-state index < -0.39 is 11.6 Å². The van der Waals surface area contributed by atoms with Crippen LogP contribution in [-0.4, -0.2) is 13.3 Å². The molecule has 2 aromatic carbocycles. The molecule has 1 fully saturated rings. The van der Waals surface area contributed by atoms with Gasteiger partial charge in [0.05, 0.1) is 13.3 Å². The molecule has 0 saturated heterocycles. The minimum atomic E-state index is -0.873. The molecular weight excluding hydrogens is 373 g/mol. The van der Waals surface area contributed by atoms with E-state index >= 15 is 0 Å². The molecule has 0 radical (unpaired) electrons. The first kappa shape index (κ1) is 21.5. The Kier molecular flexibility index (Phi) is 7.79. The van der Waals surface area contributed by atoms with Gasteiger partial charge < -0.3 is 4.74 Å². The van der Waals surface area contributed by atoms with Gasteiger partial charge in [-0.15, -0.1) is 0 Å². The van der Waals surface area contributed by atoms with Gasteiger partial charge in [-0.25, -0.2) is 4.39 Å². The summed E-state index contributed by atoms with van der Waals surface area (Å²) in [5.41, 5.74) is 2.88. The number of ether oxygens (including phenoxy) is 1. The Labute approximate surface area is 171 Å². The normalized spacial score (nSPS) is 19.6. The first-order chi connectivity index (χ1) is 14.1. The van der Waals surface area contributed by atoms with Crippen molar-refractivity contribution in [2.24, 2.45) is 0 Å². The second kappa shape index (κ2) is 10.5. The molecule has 0 unspecified atom stereocenters. The lowest BCUT2D eigenvalue weighted by molar-refractivity contribution is 0.310. The molecule has 1 nitrogen and oxygen atoms in total. The van der Waals surface area contributed by atoms with Gasteiger partial charge in [-0.3, -0.25) is 4.39 Å². The van der Waals surface area contributed by atoms with Crippen LogP contribution < -0.4 is 4.74 Å². The Morgan fingerprint density at radius 1 is 0.931 bits per heavy atom. The van der Waals surface area contributed by atoms with E-state index in [2.05, 4.69) is 24.3 Å². The fourth-order valence-electron chi connectivity index (χ4n) is 4.16. The number of benzene rings is 2. The van der Waals surface area contributed by atoms with Crippen molar-refractivity contribution in [1.82, 2.24) is 0 Å². The zero-order valence-electron chi connectivity index (χ0n) is 17.0. The molecular formula is C25H29F3O. The first-order valence-electron chi connectivity index (χ1n) is 10.6. The maximum absolute atomic E-state index is 14.5. The number of alkyl halides is 1. The SMILES string of the molecule is CCOc1ccc(C2CCC(c3ccc(C=CCCCF)cc3)CC2)c(F)c1F. The number of hydrogen-bond acceptors (Lipinski definition) is 1. The maximum Gasteiger partial charge on any atom is 0.200 e. The fourth-order valence-corrected chi connectivity index (χ4v) is 4.16. The molecule has 4 heteroatoms. The predicted molar refractivity (Wildman–Crippen MR) is 112 cm³/mol. The quantitative estimate of drug-likeness (QED) is 0.414. The maximum atomic E-state index is 14.5. The highest BCUT2D eigenvalue weighted by molar-refractivity contribution is 5.50. The van der Waals surface area contributed by atoms with Crippen LogP contribution in [-0.2, 0) is 0 Å². The number of hydrogen-bond donors (Lipinski definition) is 0. The van der Waals surface area contributed by atoms with Crippen LogP contribution in [0.3, 0.4) is 0 Å². The predicted octanol–water partition coefficient (Wildman–Crippen LogP) is 7.57. The highest BCUT2D eigenvalue weighted by atomic mass is 19.2. The van der Waals surface area contributed by atoms with Gasteiger partial charge in [0.15, 0.2) is 11.6 Å². The Hall–Kier alpha value is -2.23. The van der Waals surface area contributed by atoms with Crippen molar-refractivity contribution in [3.63, 3.8) is 0 Å². The summed E-state index contributed by atoms with van der Waals surface area (Å²) in [4.78, 5) is 0. The van der Waals surface area contributed by atoms with Crippen LogP contribution in [0.1, 0.15) is 74.0 Å². The van der Waals surface area contributed by atoms with E-state index in [1.54, 1.807) is 19.1 Å². The highest BCUT2D eigenvalue weighted by Gasteiger charge is 2.27. The van der Waals surface area contributed by atoms with Crippen molar-refractivity contribution in [3.8, 4) is 5.75 Å². The molecule has 3 rings (SSSR count). The molecule has 0 aromatic heterocycles. The van der Waals surface area contributed by atoms with Crippen molar-refractivity contribution in [3.05, 3.63) is 70.8 Å². The third-order valence-electron chi connectivity index (χ3n) is 5.77. The smallest absolute Gasteiger partial charge is 0.200 e. The molecule has 2 aromatic rings. The molecule has 29 heavy (non-hydrogen) atoms. The number of rotatable bonds is 8. The van der Waals surface area contributed by atoms with Gasteiger partial charge in [0.2, 0.25) is 5.82 Å². The Morgan fingerprint density at radius 3 is 2.28 bits per heavy atom. The third kappa shape index (κ3) is 5.43. The van der Waals surface area contributed by atoms with Crippen LogP contribution in [0.25, 0.3) is 6.08 Å². The standard InChI is InChI=1S/C25H29F3O/c1-2-29-23-16-15-22(24(27)25(23)28)21-13-11-20(12-14-21)19-9-7-18(8-10-19)6-4-3-5-17-26/h4,6-10,15-16,20-21H,2-3,5,11-14,17H2,1H3. The summed E-state index contributed by atoms with van der Waals surface area (Å²) in [6.45, 7) is 1.79. The van der Waals surface area contributed by atoms with Crippen molar-refractivity contribution in [2.45, 2.75) is 57.3 Å². The Balaban J connectivity index is 1.59. The van der Waals surface area contributed by atoms with E-state index in [0.29, 0.717) is 24.5 Å². The average molecular weight is 403 g/mol. The summed E-state index contributed by atoms with van der Waals surface area (Å²) in [5, 5.41) is 0. The van der Waals surface area contributed by atoms with E-state index in [9.17, 15) is 13.2 Å². The summed E-state index contributed by atoms with van der Waals surface area (Å²) in [7, 11) is 0. The van der Waals surface area contributed by atoms with E-state index in [4.69, 9.17) is 4.74 Å². The molecule has 0 N–H and O–H groups in total. The largest absolute Gasteiger partial charge is 0.491 e. The third-order valence-corrected chi connectivity index (χ3v) is 5.77. The second-order valence-corrected chi connectivity index (χ2v) is 7.66. The lowest BCUT2D eigenvalue weighted by atomic mass is 9.76. The van der Waals surface area contributed by atoms with Crippen LogP contribution in [0.4, 0.5) is 13.2 Å². The fraction of sp³-hybridized carbons (Fsp3) is 0.440. The zero-order chi connectivity index (χ0) is 20.6. The molecule has 0 heterocycles. The lowest BCUT2D eigenvalue weighted by Crippen LogP contribution is -2.14. The van der Waals surface area contributed by atoms with E-state index in [1.807, 2.05) is 12.2 Å². The van der Waals surface area contributed by atoms with Crippen LogP contribution in [0, 0.1) is 11.6 Å². The summed E-state index contributed by atoms with van der Waals surface area (Å²) in [6.07, 6.45) is 8.97. The Bertz CT molecular complexity index is 806. The van der Waals surface area contributed by atoms with E-state index in [-0.39, 0.29) is 18.3 Å². The van der Waals surface area contributed by atoms with Gasteiger partial charge in [0, 0.05) is 0 Å². The molecule has 0 amide bonds. The number of unbranched alkanes of at least 4 members (excludes halogenated alkanes) is 1. The minimum absolute atomic E-state index is 0.0127. The minimum Gasteiger partial charge on any atom is -0.491 e. The summed E-state index contributed by atoms with van der Waals surface area (Å²) >= 11 is 0. The molecule has 0 aliphatic heterocycles. The first-order valence-corrected chi connectivity index (χ1v) is 10.6. The van der Waals surface area contributed by atoms with Gasteiger partial charge in [-0.1, -0.05) is 42.5 Å². The molecule has 0 spiro atoms. The summed E-state index contributed by atoms with van der Waals surface area (Å²) in [5.74, 6) is -1.15. The highest BCUT2D eigenvalue weighted by Crippen LogP contribution is 2.42. The second-order valence-electron chi connectivity index (χ2n) is 7.66. The monoisotopic (exact) mass is 402 g/mol. The Morgan fingerprint density at radius 2 is 1.62 bits per heavy atom. The molecule has 0 atom stereocenters. The van der Waals surface area contributed by atoms with Crippen LogP contribution in [0.2, 0.25) is 0 Å². The van der Waals surface area contributed by atoms with Gasteiger partial charge in [-0.05, 0) is 80.0 Å². The van der Waals surface area contributed by atoms with Crippen LogP contribution >= 0.6 is 0 Å².